The third kappa shape index (κ3) is 5.23. The fourth-order valence-electron chi connectivity index (χ4n) is 1.40. The van der Waals surface area contributed by atoms with Gasteiger partial charge in [0.15, 0.2) is 11.5 Å². The molecule has 1 heterocycles. The van der Waals surface area contributed by atoms with E-state index in [1.165, 1.54) is 0 Å². The first-order valence-electron chi connectivity index (χ1n) is 5.80. The third-order valence-corrected chi connectivity index (χ3v) is 2.94. The Morgan fingerprint density at radius 1 is 1.42 bits per heavy atom. The second-order valence-electron chi connectivity index (χ2n) is 3.54. The number of ether oxygens (including phenoxy) is 2. The number of hydrogen-bond acceptors (Lipinski definition) is 4. The van der Waals surface area contributed by atoms with Gasteiger partial charge in [-0.1, -0.05) is 25.4 Å². The van der Waals surface area contributed by atoms with Crippen LogP contribution in [0.3, 0.4) is 0 Å². The first-order valence-corrected chi connectivity index (χ1v) is 7.73. The Labute approximate surface area is 118 Å². The average molecular weight is 309 g/mol. The van der Waals surface area contributed by atoms with Crippen LogP contribution in [0.4, 0.5) is 0 Å². The molecular formula is C11H17ClN2O4S. The van der Waals surface area contributed by atoms with E-state index in [-0.39, 0.29) is 13.2 Å². The number of benzene rings is 1. The molecule has 1 aliphatic rings. The van der Waals surface area contributed by atoms with E-state index in [4.69, 9.17) is 26.2 Å². The molecule has 108 valence electrons. The van der Waals surface area contributed by atoms with Gasteiger partial charge in [0.2, 0.25) is 0 Å². The van der Waals surface area contributed by atoms with Gasteiger partial charge in [-0.2, -0.15) is 13.1 Å². The molecule has 1 aromatic carbocycles. The van der Waals surface area contributed by atoms with Gasteiger partial charge in [-0.15, -0.1) is 0 Å². The van der Waals surface area contributed by atoms with E-state index < -0.39 is 16.3 Å². The fourth-order valence-corrected chi connectivity index (χ4v) is 1.98. The molecule has 8 heteroatoms. The van der Waals surface area contributed by atoms with E-state index in [0.717, 1.165) is 0 Å². The quantitative estimate of drug-likeness (QED) is 0.880. The summed E-state index contributed by atoms with van der Waals surface area (Å²) >= 11 is 5.79. The minimum absolute atomic E-state index is 0.0564. The summed E-state index contributed by atoms with van der Waals surface area (Å²) in [4.78, 5) is 0. The Morgan fingerprint density at radius 2 is 2.11 bits per heavy atom. The van der Waals surface area contributed by atoms with E-state index >= 15 is 0 Å². The summed E-state index contributed by atoms with van der Waals surface area (Å²) in [6.45, 7) is 4.29. The lowest BCUT2D eigenvalue weighted by Gasteiger charge is -2.26. The minimum Gasteiger partial charge on any atom is -0.486 e. The highest BCUT2D eigenvalue weighted by atomic mass is 35.5. The topological polar surface area (TPSA) is 90.7 Å². The Balaban J connectivity index is 0.000000861. The maximum absolute atomic E-state index is 10.7. The van der Waals surface area contributed by atoms with E-state index in [1.807, 2.05) is 13.8 Å². The lowest BCUT2D eigenvalue weighted by molar-refractivity contribution is 0.0943. The number of rotatable bonds is 3. The minimum atomic E-state index is -3.71. The number of hydrogen-bond donors (Lipinski definition) is 2. The lowest BCUT2D eigenvalue weighted by Crippen LogP contribution is -2.42. The van der Waals surface area contributed by atoms with Crippen LogP contribution in [0.15, 0.2) is 18.2 Å². The first kappa shape index (κ1) is 16.0. The van der Waals surface area contributed by atoms with Crippen molar-refractivity contribution >= 4 is 21.8 Å². The maximum atomic E-state index is 10.7. The Kier molecular flexibility index (Phi) is 5.86. The monoisotopic (exact) mass is 308 g/mol. The zero-order valence-corrected chi connectivity index (χ0v) is 12.3. The van der Waals surface area contributed by atoms with Gasteiger partial charge in [0.1, 0.15) is 12.7 Å². The highest BCUT2D eigenvalue weighted by molar-refractivity contribution is 7.87. The number of halogens is 1. The van der Waals surface area contributed by atoms with Crippen LogP contribution >= 0.6 is 11.6 Å². The van der Waals surface area contributed by atoms with Gasteiger partial charge in [0, 0.05) is 11.1 Å². The van der Waals surface area contributed by atoms with Crippen LogP contribution in [0, 0.1) is 0 Å². The van der Waals surface area contributed by atoms with Crippen molar-refractivity contribution in [2.45, 2.75) is 20.0 Å². The van der Waals surface area contributed by atoms with Crippen LogP contribution < -0.4 is 19.3 Å². The van der Waals surface area contributed by atoms with Crippen LogP contribution in [0.25, 0.3) is 0 Å². The van der Waals surface area contributed by atoms with Crippen molar-refractivity contribution < 1.29 is 17.9 Å². The highest BCUT2D eigenvalue weighted by Gasteiger charge is 2.22. The largest absolute Gasteiger partial charge is 0.486 e. The third-order valence-electron chi connectivity index (χ3n) is 2.14. The van der Waals surface area contributed by atoms with Crippen molar-refractivity contribution in [1.82, 2.24) is 4.72 Å². The lowest BCUT2D eigenvalue weighted by atomic mass is 10.2. The number of nitrogens with two attached hydrogens (primary N) is 1. The average Bonchev–Trinajstić information content (AvgIpc) is 2.38. The molecule has 0 aliphatic carbocycles. The van der Waals surface area contributed by atoms with E-state index in [2.05, 4.69) is 4.72 Å². The van der Waals surface area contributed by atoms with Crippen molar-refractivity contribution in [1.29, 1.82) is 0 Å². The highest BCUT2D eigenvalue weighted by Crippen LogP contribution is 2.33. The Hall–Kier alpha value is -1.02. The van der Waals surface area contributed by atoms with Crippen LogP contribution in [0.1, 0.15) is 13.8 Å². The van der Waals surface area contributed by atoms with Crippen molar-refractivity contribution in [3.8, 4) is 11.5 Å². The molecule has 3 N–H and O–H groups in total. The van der Waals surface area contributed by atoms with Crippen molar-refractivity contribution in [2.75, 3.05) is 13.2 Å². The van der Waals surface area contributed by atoms with E-state index in [0.29, 0.717) is 16.5 Å². The molecule has 6 nitrogen and oxygen atoms in total. The predicted octanol–water partition coefficient (Wildman–Crippen LogP) is 1.30. The summed E-state index contributed by atoms with van der Waals surface area (Å²) in [5, 5.41) is 5.36. The standard InChI is InChI=1S/C9H11ClN2O4S.C2H6/c10-6-1-2-8-9(3-6)15-5-7(16-8)4-12-17(11,13)14;1-2/h1-3,7,12H,4-5H2,(H2,11,13,14);1-2H3/t7-;/m0./s1. The summed E-state index contributed by atoms with van der Waals surface area (Å²) in [6.07, 6.45) is -0.415. The van der Waals surface area contributed by atoms with Gasteiger partial charge in [0.25, 0.3) is 10.2 Å². The smallest absolute Gasteiger partial charge is 0.274 e. The van der Waals surface area contributed by atoms with Crippen LogP contribution in [-0.2, 0) is 10.2 Å². The van der Waals surface area contributed by atoms with Gasteiger partial charge < -0.3 is 9.47 Å². The molecule has 1 atom stereocenters. The second kappa shape index (κ2) is 6.95. The van der Waals surface area contributed by atoms with Gasteiger partial charge in [0.05, 0.1) is 6.54 Å². The molecule has 0 saturated heterocycles. The van der Waals surface area contributed by atoms with Crippen LogP contribution in [-0.4, -0.2) is 27.7 Å². The molecule has 0 fully saturated rings. The summed E-state index contributed by atoms with van der Waals surface area (Å²) in [6, 6.07) is 4.97. The fraction of sp³-hybridized carbons (Fsp3) is 0.455. The zero-order chi connectivity index (χ0) is 14.5. The molecule has 0 spiro atoms. The summed E-state index contributed by atoms with van der Waals surface area (Å²) in [7, 11) is -3.71. The van der Waals surface area contributed by atoms with Gasteiger partial charge in [-0.3, -0.25) is 0 Å². The molecule has 1 aromatic rings. The van der Waals surface area contributed by atoms with Crippen molar-refractivity contribution in [3.63, 3.8) is 0 Å². The number of fused-ring (bicyclic) bond motifs is 1. The molecule has 1 aliphatic heterocycles. The molecule has 0 radical (unpaired) electrons. The molecule has 0 unspecified atom stereocenters. The van der Waals surface area contributed by atoms with Gasteiger partial charge in [-0.05, 0) is 12.1 Å². The maximum Gasteiger partial charge on any atom is 0.274 e. The van der Waals surface area contributed by atoms with Crippen LogP contribution in [0.5, 0.6) is 11.5 Å². The normalized spacial score (nSPS) is 17.4. The SMILES string of the molecule is CC.NS(=O)(=O)NC[C@H]1COc2cc(Cl)ccc2O1. The van der Waals surface area contributed by atoms with Crippen molar-refractivity contribution in [3.05, 3.63) is 23.2 Å². The van der Waals surface area contributed by atoms with Gasteiger partial charge >= 0.3 is 0 Å². The molecule has 2 rings (SSSR count). The summed E-state index contributed by atoms with van der Waals surface area (Å²) < 4.78 is 34.5. The first-order chi connectivity index (χ1) is 8.94. The Morgan fingerprint density at radius 3 is 2.74 bits per heavy atom. The van der Waals surface area contributed by atoms with E-state index in [9.17, 15) is 8.42 Å². The van der Waals surface area contributed by atoms with Crippen molar-refractivity contribution in [2.24, 2.45) is 5.14 Å². The molecule has 0 saturated carbocycles. The second-order valence-corrected chi connectivity index (χ2v) is 5.35. The summed E-state index contributed by atoms with van der Waals surface area (Å²) in [5.41, 5.74) is 0. The van der Waals surface area contributed by atoms with Crippen LogP contribution in [0.2, 0.25) is 5.02 Å². The molecule has 0 aromatic heterocycles. The molecule has 0 bridgehead atoms. The zero-order valence-electron chi connectivity index (χ0n) is 10.7. The van der Waals surface area contributed by atoms with Gasteiger partial charge in [-0.25, -0.2) is 5.14 Å². The molecule has 19 heavy (non-hydrogen) atoms. The van der Waals surface area contributed by atoms with E-state index in [1.54, 1.807) is 18.2 Å². The number of nitrogens with one attached hydrogen (secondary N) is 1. The molecular weight excluding hydrogens is 292 g/mol. The summed E-state index contributed by atoms with van der Waals surface area (Å²) in [5.74, 6) is 1.08. The predicted molar refractivity (Wildman–Crippen MR) is 73.8 cm³/mol. The molecule has 0 amide bonds. The Bertz CT molecular complexity index is 521.